The molecule has 8 nitrogen and oxygen atoms in total. The van der Waals surface area contributed by atoms with E-state index in [4.69, 9.17) is 25.5 Å². The molecule has 8 heteroatoms. The van der Waals surface area contributed by atoms with E-state index in [1.807, 2.05) is 0 Å². The average molecular weight is 240 g/mol. The van der Waals surface area contributed by atoms with Gasteiger partial charge in [0.25, 0.3) is 0 Å². The van der Waals surface area contributed by atoms with Crippen LogP contribution >= 0.6 is 0 Å². The van der Waals surface area contributed by atoms with Crippen molar-refractivity contribution in [1.82, 2.24) is 0 Å². The molecule has 0 aromatic heterocycles. The number of aliphatic hydroxyl groups excluding tert-OH is 7. The smallest absolute Gasteiger partial charge is 0.189 e. The Balaban J connectivity index is 4.47. The van der Waals surface area contributed by atoms with Crippen molar-refractivity contribution in [3.8, 4) is 0 Å². The van der Waals surface area contributed by atoms with Crippen LogP contribution in [0.15, 0.2) is 0 Å². The first-order chi connectivity index (χ1) is 7.36. The molecule has 0 aliphatic heterocycles. The molecule has 0 saturated heterocycles. The summed E-state index contributed by atoms with van der Waals surface area (Å²) in [4.78, 5) is 10.8. The number of carbonyl (C=O) groups is 1. The van der Waals surface area contributed by atoms with Crippen molar-refractivity contribution < 1.29 is 40.5 Å². The van der Waals surface area contributed by atoms with E-state index in [9.17, 15) is 15.0 Å². The van der Waals surface area contributed by atoms with Crippen LogP contribution in [0.25, 0.3) is 0 Å². The van der Waals surface area contributed by atoms with E-state index in [1.54, 1.807) is 0 Å². The molecule has 0 radical (unpaired) electrons. The van der Waals surface area contributed by atoms with Crippen molar-refractivity contribution in [1.29, 1.82) is 0 Å². The molecule has 5 atom stereocenters. The second-order valence-electron chi connectivity index (χ2n) is 3.29. The third kappa shape index (κ3) is 3.76. The zero-order chi connectivity index (χ0) is 12.9. The second-order valence-corrected chi connectivity index (χ2v) is 3.29. The lowest BCUT2D eigenvalue weighted by Gasteiger charge is -2.27. The summed E-state index contributed by atoms with van der Waals surface area (Å²) in [5, 5.41) is 62.5. The summed E-state index contributed by atoms with van der Waals surface area (Å²) in [6.45, 7) is -1.90. The summed E-state index contributed by atoms with van der Waals surface area (Å²) >= 11 is 0. The van der Waals surface area contributed by atoms with Gasteiger partial charge in [0.1, 0.15) is 37.1 Å². The van der Waals surface area contributed by atoms with E-state index in [0.29, 0.717) is 0 Å². The van der Waals surface area contributed by atoms with Gasteiger partial charge >= 0.3 is 0 Å². The van der Waals surface area contributed by atoms with Crippen molar-refractivity contribution in [3.63, 3.8) is 0 Å². The summed E-state index contributed by atoms with van der Waals surface area (Å²) < 4.78 is 0. The zero-order valence-electron chi connectivity index (χ0n) is 8.34. The van der Waals surface area contributed by atoms with Gasteiger partial charge in [-0.3, -0.25) is 4.79 Å². The Labute approximate surface area is 91.0 Å². The number of carbonyl (C=O) groups excluding carboxylic acids is 1. The summed E-state index contributed by atoms with van der Waals surface area (Å²) in [6, 6.07) is 0. The number of rotatable bonds is 7. The number of Topliss-reactive ketones (excluding diaryl/α,β-unsaturated/α-hetero) is 1. The Morgan fingerprint density at radius 2 is 1.38 bits per heavy atom. The molecular formula is C8H16O8. The number of hydrogen-bond acceptors (Lipinski definition) is 8. The maximum atomic E-state index is 10.8. The van der Waals surface area contributed by atoms with Crippen molar-refractivity contribution in [2.24, 2.45) is 0 Å². The van der Waals surface area contributed by atoms with Gasteiger partial charge in [-0.25, -0.2) is 0 Å². The van der Waals surface area contributed by atoms with Crippen LogP contribution in [0.4, 0.5) is 0 Å². The Morgan fingerprint density at radius 3 is 1.75 bits per heavy atom. The third-order valence-electron chi connectivity index (χ3n) is 2.09. The highest BCUT2D eigenvalue weighted by molar-refractivity contribution is 5.84. The highest BCUT2D eigenvalue weighted by Gasteiger charge is 2.36. The van der Waals surface area contributed by atoms with Gasteiger partial charge in [-0.1, -0.05) is 0 Å². The molecule has 0 amide bonds. The molecule has 0 bridgehead atoms. The molecule has 0 aromatic rings. The van der Waals surface area contributed by atoms with Gasteiger partial charge in [0.15, 0.2) is 5.78 Å². The minimum Gasteiger partial charge on any atom is -0.394 e. The van der Waals surface area contributed by atoms with Crippen molar-refractivity contribution in [3.05, 3.63) is 0 Å². The minimum atomic E-state index is -2.08. The highest BCUT2D eigenvalue weighted by atomic mass is 16.4. The Morgan fingerprint density at radius 1 is 0.875 bits per heavy atom. The highest BCUT2D eigenvalue weighted by Crippen LogP contribution is 2.09. The van der Waals surface area contributed by atoms with Crippen LogP contribution in [0.3, 0.4) is 0 Å². The van der Waals surface area contributed by atoms with E-state index < -0.39 is 49.5 Å². The lowest BCUT2D eigenvalue weighted by molar-refractivity contribution is -0.157. The van der Waals surface area contributed by atoms with Gasteiger partial charge in [-0.05, 0) is 0 Å². The molecule has 16 heavy (non-hydrogen) atoms. The van der Waals surface area contributed by atoms with E-state index in [-0.39, 0.29) is 0 Å². The predicted octanol–water partition coefficient (Wildman–Crippen LogP) is -4.66. The fraction of sp³-hybridized carbons (Fsp3) is 0.875. The Bertz CT molecular complexity index is 220. The van der Waals surface area contributed by atoms with Gasteiger partial charge < -0.3 is 35.7 Å². The molecule has 0 aliphatic rings. The quantitative estimate of drug-likeness (QED) is 0.234. The lowest BCUT2D eigenvalue weighted by Crippen LogP contribution is -2.52. The summed E-state index contributed by atoms with van der Waals surface area (Å²) in [5.74, 6) is -1.14. The van der Waals surface area contributed by atoms with Crippen LogP contribution in [0.5, 0.6) is 0 Å². The normalized spacial score (nSPS) is 20.9. The first kappa shape index (κ1) is 15.4. The lowest BCUT2D eigenvalue weighted by atomic mass is 9.97. The summed E-state index contributed by atoms with van der Waals surface area (Å²) in [6.07, 6.45) is -9.84. The van der Waals surface area contributed by atoms with E-state index in [0.717, 1.165) is 0 Å². The summed E-state index contributed by atoms with van der Waals surface area (Å²) in [5.41, 5.74) is 0. The van der Waals surface area contributed by atoms with Crippen molar-refractivity contribution >= 4 is 5.78 Å². The zero-order valence-corrected chi connectivity index (χ0v) is 8.34. The molecule has 0 rings (SSSR count). The Hall–Kier alpha value is -0.610. The number of aliphatic hydroxyl groups is 7. The van der Waals surface area contributed by atoms with E-state index in [1.165, 1.54) is 0 Å². The van der Waals surface area contributed by atoms with Crippen molar-refractivity contribution in [2.75, 3.05) is 13.2 Å². The maximum Gasteiger partial charge on any atom is 0.189 e. The molecule has 7 N–H and O–H groups in total. The SMILES string of the molecule is O=C(CO)C(O)C(O)C(O)C(O)C(O)CO. The molecule has 96 valence electrons. The van der Waals surface area contributed by atoms with Gasteiger partial charge in [0, 0.05) is 0 Å². The van der Waals surface area contributed by atoms with Crippen LogP contribution in [0, 0.1) is 0 Å². The topological polar surface area (TPSA) is 159 Å². The van der Waals surface area contributed by atoms with Crippen LogP contribution < -0.4 is 0 Å². The second kappa shape index (κ2) is 6.86. The van der Waals surface area contributed by atoms with Crippen LogP contribution in [0.1, 0.15) is 0 Å². The number of hydrogen-bond donors (Lipinski definition) is 7. The molecule has 5 unspecified atom stereocenters. The molecule has 0 heterocycles. The fourth-order valence-electron chi connectivity index (χ4n) is 1.01. The van der Waals surface area contributed by atoms with Crippen LogP contribution in [-0.2, 0) is 4.79 Å². The van der Waals surface area contributed by atoms with Gasteiger partial charge in [0.2, 0.25) is 0 Å². The molecule has 0 aromatic carbocycles. The fourth-order valence-corrected chi connectivity index (χ4v) is 1.01. The largest absolute Gasteiger partial charge is 0.394 e. The van der Waals surface area contributed by atoms with E-state index >= 15 is 0 Å². The maximum absolute atomic E-state index is 10.8. The van der Waals surface area contributed by atoms with Crippen LogP contribution in [0.2, 0.25) is 0 Å². The molecular weight excluding hydrogens is 224 g/mol. The minimum absolute atomic E-state index is 0.866. The summed E-state index contributed by atoms with van der Waals surface area (Å²) in [7, 11) is 0. The standard InChI is InChI=1S/C8H16O8/c9-1-3(11)5(13)7(15)8(16)6(14)4(12)2-10/h3,5-11,13-16H,1-2H2. The monoisotopic (exact) mass is 240 g/mol. The third-order valence-corrected chi connectivity index (χ3v) is 2.09. The average Bonchev–Trinajstić information content (AvgIpc) is 2.32. The first-order valence-corrected chi connectivity index (χ1v) is 4.51. The molecule has 0 fully saturated rings. The van der Waals surface area contributed by atoms with Gasteiger partial charge in [-0.15, -0.1) is 0 Å². The molecule has 0 saturated carbocycles. The molecule has 0 aliphatic carbocycles. The van der Waals surface area contributed by atoms with Crippen molar-refractivity contribution in [2.45, 2.75) is 30.5 Å². The first-order valence-electron chi connectivity index (χ1n) is 4.51. The van der Waals surface area contributed by atoms with Gasteiger partial charge in [-0.2, -0.15) is 0 Å². The number of ketones is 1. The van der Waals surface area contributed by atoms with Gasteiger partial charge in [0.05, 0.1) is 6.61 Å². The Kier molecular flexibility index (Phi) is 6.60. The predicted molar refractivity (Wildman–Crippen MR) is 49.2 cm³/mol. The molecule has 0 spiro atoms. The van der Waals surface area contributed by atoms with Crippen LogP contribution in [-0.4, -0.2) is 85.3 Å². The van der Waals surface area contributed by atoms with E-state index in [2.05, 4.69) is 0 Å².